The molecule has 2 aliphatic heterocycles. The van der Waals surface area contributed by atoms with Crippen LogP contribution in [0.1, 0.15) is 30.7 Å². The maximum atomic E-state index is 13.3. The summed E-state index contributed by atoms with van der Waals surface area (Å²) in [6, 6.07) is 10.8. The van der Waals surface area contributed by atoms with Crippen LogP contribution in [0, 0.1) is 0 Å². The Hall–Kier alpha value is -2.15. The van der Waals surface area contributed by atoms with E-state index in [4.69, 9.17) is 20.8 Å². The Bertz CT molecular complexity index is 814. The van der Waals surface area contributed by atoms with E-state index in [-0.39, 0.29) is 18.0 Å². The van der Waals surface area contributed by atoms with E-state index in [9.17, 15) is 4.79 Å². The minimum atomic E-state index is -0.264. The molecule has 0 unspecified atom stereocenters. The maximum absolute atomic E-state index is 13.3. The molecule has 0 bridgehead atoms. The van der Waals surface area contributed by atoms with Crippen molar-refractivity contribution in [3.8, 4) is 0 Å². The van der Waals surface area contributed by atoms with Crippen LogP contribution in [0.5, 0.6) is 0 Å². The van der Waals surface area contributed by atoms with Crippen molar-refractivity contribution < 1.29 is 13.9 Å². The molecule has 3 heterocycles. The second-order valence-corrected chi connectivity index (χ2v) is 7.23. The Morgan fingerprint density at radius 1 is 1.22 bits per heavy atom. The summed E-state index contributed by atoms with van der Waals surface area (Å²) in [4.78, 5) is 15.4. The number of hydrogen-bond acceptors (Lipinski definition) is 5. The number of nitrogens with zero attached hydrogens (tertiary/aromatic N) is 3. The molecule has 1 amide bonds. The van der Waals surface area contributed by atoms with Gasteiger partial charge in [-0.2, -0.15) is 5.10 Å². The molecule has 1 aromatic heterocycles. The van der Waals surface area contributed by atoms with E-state index < -0.39 is 0 Å². The van der Waals surface area contributed by atoms with Crippen LogP contribution in [0.4, 0.5) is 0 Å². The summed E-state index contributed by atoms with van der Waals surface area (Å²) >= 11 is 6.00. The SMILES string of the molecule is C[C@@H](C(=O)N1N=C(c2ccc(Cl)cc2)C[C@H]1c1ccco1)N1CCOCC1. The van der Waals surface area contributed by atoms with Crippen LogP contribution in [-0.4, -0.2) is 53.9 Å². The lowest BCUT2D eigenvalue weighted by Gasteiger charge is -2.33. The first kappa shape index (κ1) is 18.2. The van der Waals surface area contributed by atoms with Gasteiger partial charge in [0.15, 0.2) is 0 Å². The normalized spacial score (nSPS) is 21.9. The monoisotopic (exact) mass is 387 g/mol. The zero-order valence-corrected chi connectivity index (χ0v) is 15.9. The van der Waals surface area contributed by atoms with Crippen LogP contribution in [0.3, 0.4) is 0 Å². The van der Waals surface area contributed by atoms with Gasteiger partial charge in [-0.25, -0.2) is 5.01 Å². The van der Waals surface area contributed by atoms with Gasteiger partial charge in [-0.1, -0.05) is 23.7 Å². The van der Waals surface area contributed by atoms with E-state index in [2.05, 4.69) is 10.0 Å². The van der Waals surface area contributed by atoms with Gasteiger partial charge in [0.25, 0.3) is 5.91 Å². The predicted octanol–water partition coefficient (Wildman–Crippen LogP) is 3.33. The van der Waals surface area contributed by atoms with Crippen molar-refractivity contribution in [3.63, 3.8) is 0 Å². The van der Waals surface area contributed by atoms with Crippen molar-refractivity contribution in [1.82, 2.24) is 9.91 Å². The van der Waals surface area contributed by atoms with Gasteiger partial charge in [-0.05, 0) is 36.8 Å². The van der Waals surface area contributed by atoms with E-state index in [0.717, 1.165) is 30.1 Å². The molecule has 2 aromatic rings. The number of hydrazone groups is 1. The molecule has 4 rings (SSSR count). The molecular weight excluding hydrogens is 366 g/mol. The van der Waals surface area contributed by atoms with E-state index in [0.29, 0.717) is 24.7 Å². The molecule has 0 saturated carbocycles. The zero-order chi connectivity index (χ0) is 18.8. The Balaban J connectivity index is 1.61. The van der Waals surface area contributed by atoms with Crippen LogP contribution in [0.15, 0.2) is 52.2 Å². The summed E-state index contributed by atoms with van der Waals surface area (Å²) in [7, 11) is 0. The molecule has 0 aliphatic carbocycles. The number of halogens is 1. The minimum absolute atomic E-state index is 0.0257. The number of rotatable bonds is 4. The number of amides is 1. The average Bonchev–Trinajstić information content (AvgIpc) is 3.38. The van der Waals surface area contributed by atoms with E-state index in [1.54, 1.807) is 11.3 Å². The molecule has 0 radical (unpaired) electrons. The van der Waals surface area contributed by atoms with E-state index in [1.165, 1.54) is 0 Å². The third kappa shape index (κ3) is 3.78. The number of morpholine rings is 1. The van der Waals surface area contributed by atoms with Gasteiger partial charge in [0.2, 0.25) is 0 Å². The standard InChI is InChI=1S/C20H22ClN3O3/c1-14(23-8-11-26-12-9-23)20(25)24-18(19-3-2-10-27-19)13-17(22-24)15-4-6-16(21)7-5-15/h2-7,10,14,18H,8-9,11-13H2,1H3/t14-,18-/m0/s1. The fraction of sp³-hybridized carbons (Fsp3) is 0.400. The highest BCUT2D eigenvalue weighted by molar-refractivity contribution is 6.30. The Labute approximate surface area is 163 Å². The van der Waals surface area contributed by atoms with Crippen molar-refractivity contribution >= 4 is 23.2 Å². The Kier molecular flexibility index (Phi) is 5.29. The minimum Gasteiger partial charge on any atom is -0.467 e. The van der Waals surface area contributed by atoms with Crippen LogP contribution in [0.25, 0.3) is 0 Å². The van der Waals surface area contributed by atoms with Crippen LogP contribution in [-0.2, 0) is 9.53 Å². The van der Waals surface area contributed by atoms with Crippen LogP contribution < -0.4 is 0 Å². The summed E-state index contributed by atoms with van der Waals surface area (Å²) < 4.78 is 11.0. The lowest BCUT2D eigenvalue weighted by atomic mass is 10.0. The van der Waals surface area contributed by atoms with E-state index >= 15 is 0 Å². The number of carbonyl (C=O) groups is 1. The molecule has 1 fully saturated rings. The number of benzene rings is 1. The molecular formula is C20H22ClN3O3. The molecule has 6 nitrogen and oxygen atoms in total. The van der Waals surface area contributed by atoms with Crippen molar-refractivity contribution in [1.29, 1.82) is 0 Å². The van der Waals surface area contributed by atoms with Gasteiger partial charge in [0.1, 0.15) is 11.8 Å². The molecule has 2 aliphatic rings. The highest BCUT2D eigenvalue weighted by Crippen LogP contribution is 2.34. The first-order valence-electron chi connectivity index (χ1n) is 9.15. The van der Waals surface area contributed by atoms with Gasteiger partial charge >= 0.3 is 0 Å². The average molecular weight is 388 g/mol. The lowest BCUT2D eigenvalue weighted by molar-refractivity contribution is -0.140. The number of ether oxygens (including phenoxy) is 1. The summed E-state index contributed by atoms with van der Waals surface area (Å²) in [6.45, 7) is 4.74. The third-order valence-corrected chi connectivity index (χ3v) is 5.39. The van der Waals surface area contributed by atoms with Gasteiger partial charge in [-0.3, -0.25) is 9.69 Å². The number of hydrogen-bond donors (Lipinski definition) is 0. The lowest BCUT2D eigenvalue weighted by Crippen LogP contribution is -2.49. The molecule has 27 heavy (non-hydrogen) atoms. The van der Waals surface area contributed by atoms with Gasteiger partial charge in [-0.15, -0.1) is 0 Å². The summed E-state index contributed by atoms with van der Waals surface area (Å²) in [5, 5.41) is 6.94. The molecule has 1 aromatic carbocycles. The fourth-order valence-corrected chi connectivity index (χ4v) is 3.67. The second-order valence-electron chi connectivity index (χ2n) is 6.80. The first-order valence-corrected chi connectivity index (χ1v) is 9.53. The largest absolute Gasteiger partial charge is 0.467 e. The zero-order valence-electron chi connectivity index (χ0n) is 15.2. The van der Waals surface area contributed by atoms with Gasteiger partial charge < -0.3 is 9.15 Å². The molecule has 0 spiro atoms. The van der Waals surface area contributed by atoms with Crippen molar-refractivity contribution in [2.75, 3.05) is 26.3 Å². The quantitative estimate of drug-likeness (QED) is 0.807. The van der Waals surface area contributed by atoms with Crippen molar-refractivity contribution in [2.24, 2.45) is 5.10 Å². The summed E-state index contributed by atoms with van der Waals surface area (Å²) in [6.07, 6.45) is 2.24. The third-order valence-electron chi connectivity index (χ3n) is 5.14. The first-order chi connectivity index (χ1) is 13.1. The highest BCUT2D eigenvalue weighted by Gasteiger charge is 2.38. The van der Waals surface area contributed by atoms with Crippen LogP contribution >= 0.6 is 11.6 Å². The van der Waals surface area contributed by atoms with Gasteiger partial charge in [0, 0.05) is 24.5 Å². The van der Waals surface area contributed by atoms with E-state index in [1.807, 2.05) is 43.3 Å². The molecule has 2 atom stereocenters. The maximum Gasteiger partial charge on any atom is 0.260 e. The molecule has 7 heteroatoms. The predicted molar refractivity (Wildman–Crippen MR) is 103 cm³/mol. The second kappa shape index (κ2) is 7.84. The van der Waals surface area contributed by atoms with Crippen molar-refractivity contribution in [2.45, 2.75) is 25.4 Å². The smallest absolute Gasteiger partial charge is 0.260 e. The Morgan fingerprint density at radius 2 is 1.96 bits per heavy atom. The molecule has 142 valence electrons. The summed E-state index contributed by atoms with van der Waals surface area (Å²) in [5.74, 6) is 0.715. The fourth-order valence-electron chi connectivity index (χ4n) is 3.55. The number of furan rings is 1. The molecule has 0 N–H and O–H groups in total. The van der Waals surface area contributed by atoms with Gasteiger partial charge in [0.05, 0.1) is 31.2 Å². The van der Waals surface area contributed by atoms with Crippen LogP contribution in [0.2, 0.25) is 5.02 Å². The van der Waals surface area contributed by atoms with Crippen molar-refractivity contribution in [3.05, 3.63) is 59.0 Å². The summed E-state index contributed by atoms with van der Waals surface area (Å²) in [5.41, 5.74) is 1.82. The topological polar surface area (TPSA) is 58.3 Å². The molecule has 1 saturated heterocycles. The Morgan fingerprint density at radius 3 is 2.63 bits per heavy atom. The highest BCUT2D eigenvalue weighted by atomic mass is 35.5. The number of carbonyl (C=O) groups excluding carboxylic acids is 1.